The fourth-order valence-corrected chi connectivity index (χ4v) is 2.89. The van der Waals surface area contributed by atoms with Crippen molar-refractivity contribution in [2.75, 3.05) is 39.0 Å². The van der Waals surface area contributed by atoms with E-state index in [4.69, 9.17) is 23.8 Å². The van der Waals surface area contributed by atoms with E-state index in [2.05, 4.69) is 15.8 Å². The van der Waals surface area contributed by atoms with Gasteiger partial charge in [-0.1, -0.05) is 11.2 Å². The summed E-state index contributed by atoms with van der Waals surface area (Å²) < 4.78 is 20.6. The molecule has 1 aliphatic rings. The van der Waals surface area contributed by atoms with Crippen molar-refractivity contribution >= 4 is 29.2 Å². The van der Waals surface area contributed by atoms with Gasteiger partial charge in [-0.2, -0.15) is 0 Å². The van der Waals surface area contributed by atoms with E-state index in [1.54, 1.807) is 37.3 Å². The van der Waals surface area contributed by atoms with Crippen molar-refractivity contribution in [3.63, 3.8) is 0 Å². The molecule has 2 aromatic carbocycles. The summed E-state index contributed by atoms with van der Waals surface area (Å²) in [5.41, 5.74) is 2.67. The van der Waals surface area contributed by atoms with Gasteiger partial charge in [0.15, 0.2) is 18.1 Å². The molecule has 0 atom stereocenters. The minimum atomic E-state index is -0.786. The third kappa shape index (κ3) is 6.86. The molecule has 0 radical (unpaired) electrons. The summed E-state index contributed by atoms with van der Waals surface area (Å²) in [6.45, 7) is 2.39. The Morgan fingerprint density at radius 3 is 2.62 bits per heavy atom. The van der Waals surface area contributed by atoms with Crippen molar-refractivity contribution in [1.29, 1.82) is 0 Å². The Bertz CT molecular complexity index is 1100. The summed E-state index contributed by atoms with van der Waals surface area (Å²) in [6, 6.07) is 10.6. The Hall–Kier alpha value is -4.28. The van der Waals surface area contributed by atoms with Gasteiger partial charge in [-0.15, -0.1) is 0 Å². The first-order valence-corrected chi connectivity index (χ1v) is 10.3. The van der Waals surface area contributed by atoms with E-state index in [1.807, 2.05) is 13.0 Å². The molecular formula is C23H25N3O8. The number of hydrogen-bond acceptors (Lipinski definition) is 9. The number of nitrogens with zero attached hydrogens (tertiary/aromatic N) is 1. The van der Waals surface area contributed by atoms with Crippen LogP contribution in [0.15, 0.2) is 41.6 Å². The molecule has 11 nitrogen and oxygen atoms in total. The Kier molecular flexibility index (Phi) is 8.27. The molecule has 0 aliphatic carbocycles. The molecule has 0 bridgehead atoms. The van der Waals surface area contributed by atoms with Crippen LogP contribution in [0.2, 0.25) is 0 Å². The van der Waals surface area contributed by atoms with Crippen LogP contribution in [0, 0.1) is 6.92 Å². The van der Waals surface area contributed by atoms with Crippen LogP contribution in [0.4, 0.5) is 5.69 Å². The maximum absolute atomic E-state index is 12.1. The zero-order valence-corrected chi connectivity index (χ0v) is 19.0. The van der Waals surface area contributed by atoms with E-state index >= 15 is 0 Å². The fourth-order valence-electron chi connectivity index (χ4n) is 2.89. The highest BCUT2D eigenvalue weighted by Gasteiger charge is 2.15. The maximum atomic E-state index is 12.1. The maximum Gasteiger partial charge on any atom is 0.347 e. The number of fused-ring (bicyclic) bond motifs is 1. The van der Waals surface area contributed by atoms with Crippen LogP contribution in [0.3, 0.4) is 0 Å². The Morgan fingerprint density at radius 2 is 1.82 bits per heavy atom. The van der Waals surface area contributed by atoms with Crippen LogP contribution in [-0.2, 0) is 24.0 Å². The molecule has 3 rings (SSSR count). The molecule has 1 heterocycles. The molecule has 0 saturated heterocycles. The van der Waals surface area contributed by atoms with Gasteiger partial charge in [0.1, 0.15) is 5.75 Å². The van der Waals surface area contributed by atoms with E-state index < -0.39 is 31.0 Å². The van der Waals surface area contributed by atoms with Crippen molar-refractivity contribution in [3.8, 4) is 17.2 Å². The van der Waals surface area contributed by atoms with Gasteiger partial charge >= 0.3 is 5.97 Å². The number of carbonyl (C=O) groups is 3. The number of esters is 1. The minimum Gasteiger partial charge on any atom is -0.495 e. The van der Waals surface area contributed by atoms with Gasteiger partial charge in [-0.05, 0) is 49.7 Å². The van der Waals surface area contributed by atoms with Crippen molar-refractivity contribution < 1.29 is 38.2 Å². The SMILES string of the molecule is COc1ccc(C)cc1NC(=O)CNC(=O)COC(=O)CO/N=C(\C)c1ccc2c(c1)OCO2. The second-order valence-corrected chi connectivity index (χ2v) is 7.21. The molecule has 2 aromatic rings. The molecule has 0 fully saturated rings. The summed E-state index contributed by atoms with van der Waals surface area (Å²) in [6.07, 6.45) is 0. The summed E-state index contributed by atoms with van der Waals surface area (Å²) in [5, 5.41) is 8.88. The van der Waals surface area contributed by atoms with Crippen LogP contribution in [0.5, 0.6) is 17.2 Å². The smallest absolute Gasteiger partial charge is 0.347 e. The van der Waals surface area contributed by atoms with Crippen molar-refractivity contribution in [1.82, 2.24) is 5.32 Å². The highest BCUT2D eigenvalue weighted by Crippen LogP contribution is 2.32. The first-order chi connectivity index (χ1) is 16.4. The predicted octanol–water partition coefficient (Wildman–Crippen LogP) is 1.77. The van der Waals surface area contributed by atoms with E-state index in [0.29, 0.717) is 28.6 Å². The minimum absolute atomic E-state index is 0.164. The zero-order chi connectivity index (χ0) is 24.5. The summed E-state index contributed by atoms with van der Waals surface area (Å²) in [4.78, 5) is 40.7. The lowest BCUT2D eigenvalue weighted by Crippen LogP contribution is -2.35. The third-order valence-corrected chi connectivity index (χ3v) is 4.61. The van der Waals surface area contributed by atoms with E-state index in [0.717, 1.165) is 11.1 Å². The third-order valence-electron chi connectivity index (χ3n) is 4.61. The van der Waals surface area contributed by atoms with Crippen LogP contribution in [-0.4, -0.2) is 57.2 Å². The van der Waals surface area contributed by atoms with Gasteiger partial charge in [0.05, 0.1) is 25.1 Å². The van der Waals surface area contributed by atoms with Crippen LogP contribution < -0.4 is 24.8 Å². The van der Waals surface area contributed by atoms with Gasteiger partial charge in [-0.3, -0.25) is 9.59 Å². The average Bonchev–Trinajstić information content (AvgIpc) is 3.29. The molecule has 0 saturated carbocycles. The number of benzene rings is 2. The van der Waals surface area contributed by atoms with Crippen LogP contribution in [0.25, 0.3) is 0 Å². The number of ether oxygens (including phenoxy) is 4. The molecule has 0 spiro atoms. The van der Waals surface area contributed by atoms with Crippen molar-refractivity contribution in [2.45, 2.75) is 13.8 Å². The van der Waals surface area contributed by atoms with E-state index in [-0.39, 0.29) is 13.3 Å². The average molecular weight is 471 g/mol. The molecular weight excluding hydrogens is 446 g/mol. The molecule has 11 heteroatoms. The number of methoxy groups -OCH3 is 1. The number of oxime groups is 1. The number of carbonyl (C=O) groups excluding carboxylic acids is 3. The van der Waals surface area contributed by atoms with Crippen LogP contribution >= 0.6 is 0 Å². The molecule has 1 aliphatic heterocycles. The molecule has 180 valence electrons. The van der Waals surface area contributed by atoms with Gasteiger partial charge in [0, 0.05) is 5.56 Å². The second-order valence-electron chi connectivity index (χ2n) is 7.21. The molecule has 2 amide bonds. The van der Waals surface area contributed by atoms with E-state index in [9.17, 15) is 14.4 Å². The van der Waals surface area contributed by atoms with Gasteiger partial charge < -0.3 is 34.4 Å². The van der Waals surface area contributed by atoms with E-state index in [1.165, 1.54) is 7.11 Å². The molecule has 2 N–H and O–H groups in total. The first kappa shape index (κ1) is 24.4. The number of hydrogen-bond donors (Lipinski definition) is 2. The topological polar surface area (TPSA) is 134 Å². The fraction of sp³-hybridized carbons (Fsp3) is 0.304. The summed E-state index contributed by atoms with van der Waals surface area (Å²) in [7, 11) is 1.49. The molecule has 0 aromatic heterocycles. The molecule has 0 unspecified atom stereocenters. The number of aryl methyl sites for hydroxylation is 1. The lowest BCUT2D eigenvalue weighted by molar-refractivity contribution is -0.152. The predicted molar refractivity (Wildman–Crippen MR) is 121 cm³/mol. The number of rotatable bonds is 10. The lowest BCUT2D eigenvalue weighted by atomic mass is 10.1. The Balaban J connectivity index is 1.35. The first-order valence-electron chi connectivity index (χ1n) is 10.3. The number of amides is 2. The zero-order valence-electron chi connectivity index (χ0n) is 19.0. The monoisotopic (exact) mass is 471 g/mol. The van der Waals surface area contributed by atoms with Gasteiger partial charge in [-0.25, -0.2) is 4.79 Å². The largest absolute Gasteiger partial charge is 0.495 e. The van der Waals surface area contributed by atoms with Crippen molar-refractivity contribution in [3.05, 3.63) is 47.5 Å². The summed E-state index contributed by atoms with van der Waals surface area (Å²) >= 11 is 0. The van der Waals surface area contributed by atoms with Crippen LogP contribution in [0.1, 0.15) is 18.1 Å². The van der Waals surface area contributed by atoms with Crippen molar-refractivity contribution in [2.24, 2.45) is 5.16 Å². The second kappa shape index (κ2) is 11.5. The highest BCUT2D eigenvalue weighted by atomic mass is 16.7. The standard InChI is InChI=1S/C23H25N3O8/c1-14-4-6-18(30-3)17(8-14)25-21(27)10-24-22(28)11-31-23(29)12-34-26-15(2)16-5-7-19-20(9-16)33-13-32-19/h4-9H,10-13H2,1-3H3,(H,24,28)(H,25,27)/b26-15+. The number of anilines is 1. The summed E-state index contributed by atoms with van der Waals surface area (Å²) in [5.74, 6) is -0.141. The van der Waals surface area contributed by atoms with Gasteiger partial charge in [0.2, 0.25) is 19.3 Å². The highest BCUT2D eigenvalue weighted by molar-refractivity contribution is 5.99. The molecule has 34 heavy (non-hydrogen) atoms. The quantitative estimate of drug-likeness (QED) is 0.304. The Morgan fingerprint density at radius 1 is 1.03 bits per heavy atom. The Labute approximate surface area is 195 Å². The normalized spacial score (nSPS) is 12.0. The van der Waals surface area contributed by atoms with Gasteiger partial charge in [0.25, 0.3) is 5.91 Å². The lowest BCUT2D eigenvalue weighted by Gasteiger charge is -2.11. The number of nitrogens with one attached hydrogen (secondary N) is 2.